The van der Waals surface area contributed by atoms with Crippen LogP contribution in [0.3, 0.4) is 0 Å². The monoisotopic (exact) mass is 632 g/mol. The summed E-state index contributed by atoms with van der Waals surface area (Å²) in [6.45, 7) is 1.06. The van der Waals surface area contributed by atoms with Gasteiger partial charge in [0.25, 0.3) is 0 Å². The van der Waals surface area contributed by atoms with Crippen LogP contribution in [0.15, 0.2) is 30.5 Å². The second-order valence-electron chi connectivity index (χ2n) is 12.3. The Kier molecular flexibility index (Phi) is 7.23. The number of aliphatic hydroxyl groups is 1. The number of hydrogen-bond acceptors (Lipinski definition) is 7. The molecule has 4 aliphatic rings. The number of carbonyl (C=O) groups is 2. The lowest BCUT2D eigenvalue weighted by molar-refractivity contribution is -0.212. The van der Waals surface area contributed by atoms with E-state index >= 15 is 0 Å². The largest absolute Gasteiger partial charge is 0.415 e. The van der Waals surface area contributed by atoms with Crippen LogP contribution in [0.25, 0.3) is 21.3 Å². The number of hydrogen-bond donors (Lipinski definition) is 1. The molecular formula is C31H32ClF3N4O3S. The lowest BCUT2D eigenvalue weighted by Gasteiger charge is -2.46. The van der Waals surface area contributed by atoms with Crippen LogP contribution in [0, 0.1) is 0 Å². The second-order valence-corrected chi connectivity index (χ2v) is 13.9. The van der Waals surface area contributed by atoms with Gasteiger partial charge in [-0.05, 0) is 68.4 Å². The number of aliphatic hydroxyl groups excluding tert-OH is 1. The fraction of sp³-hybridized carbons (Fsp3) is 0.516. The number of nitrogens with zero attached hydrogens (tertiary/aromatic N) is 4. The number of fused-ring (bicyclic) bond motifs is 2. The SMILES string of the molecule is O=C1CCC(=O)N1Cc1cc2nccc(-c3cc(Cl)cc4c3N([C@@H]3CN(C[C@@H](O)C(F)(F)F)C5(CCC5)C3)CCC4)c2s1. The number of aryl methyl sites for hydroxylation is 1. The van der Waals surface area contributed by atoms with E-state index in [9.17, 15) is 27.9 Å². The van der Waals surface area contributed by atoms with Crippen LogP contribution in [0.5, 0.6) is 0 Å². The van der Waals surface area contributed by atoms with Gasteiger partial charge in [0.05, 0.1) is 16.8 Å². The van der Waals surface area contributed by atoms with Crippen molar-refractivity contribution in [2.75, 3.05) is 24.5 Å². The van der Waals surface area contributed by atoms with Crippen LogP contribution in [0.4, 0.5) is 18.9 Å². The molecule has 0 radical (unpaired) electrons. The van der Waals surface area contributed by atoms with Crippen molar-refractivity contribution in [3.8, 4) is 11.1 Å². The lowest BCUT2D eigenvalue weighted by atomic mass is 9.74. The molecule has 7 nitrogen and oxygen atoms in total. The number of thiophene rings is 1. The van der Waals surface area contributed by atoms with Crippen LogP contribution < -0.4 is 4.90 Å². The third-order valence-electron chi connectivity index (χ3n) is 9.72. The number of aromatic nitrogens is 1. The van der Waals surface area contributed by atoms with Gasteiger partial charge in [-0.3, -0.25) is 24.4 Å². The van der Waals surface area contributed by atoms with E-state index in [2.05, 4.69) is 9.88 Å². The Balaban J connectivity index is 1.25. The quantitative estimate of drug-likeness (QED) is 0.339. The number of likely N-dealkylation sites (tertiary alicyclic amines) is 2. The molecule has 3 aromatic rings. The second kappa shape index (κ2) is 10.7. The van der Waals surface area contributed by atoms with E-state index < -0.39 is 18.8 Å². The highest BCUT2D eigenvalue weighted by Gasteiger charge is 2.53. The number of benzene rings is 1. The lowest BCUT2D eigenvalue weighted by Crippen LogP contribution is -2.53. The summed E-state index contributed by atoms with van der Waals surface area (Å²) in [6, 6.07) is 7.84. The maximum atomic E-state index is 13.3. The van der Waals surface area contributed by atoms with Crippen LogP contribution >= 0.6 is 22.9 Å². The summed E-state index contributed by atoms with van der Waals surface area (Å²) in [7, 11) is 0. The zero-order valence-electron chi connectivity index (χ0n) is 23.5. The molecule has 228 valence electrons. The third-order valence-corrected chi connectivity index (χ3v) is 11.1. The van der Waals surface area contributed by atoms with Crippen molar-refractivity contribution in [1.29, 1.82) is 0 Å². The molecule has 2 amide bonds. The summed E-state index contributed by atoms with van der Waals surface area (Å²) in [6.07, 6.45) is 0.395. The number of anilines is 1. The van der Waals surface area contributed by atoms with Crippen LogP contribution in [0.1, 0.15) is 55.4 Å². The molecule has 2 aromatic heterocycles. The molecule has 1 aliphatic carbocycles. The number of halogens is 4. The van der Waals surface area contributed by atoms with Gasteiger partial charge in [-0.15, -0.1) is 11.3 Å². The highest BCUT2D eigenvalue weighted by molar-refractivity contribution is 7.19. The smallest absolute Gasteiger partial charge is 0.382 e. The standard InChI is InChI=1S/C31H32ClF3N4O3S/c32-19-11-18-3-1-10-38(20-14-30(7-2-8-30)37(15-20)17-25(40)31(33,34)35)28(18)23(12-19)22-6-9-36-24-13-21(43-29(22)24)16-39-26(41)4-5-27(39)42/h6,9,11-13,20,25,40H,1-5,7-8,10,14-17H2/t20-,25+/m0/s1. The molecule has 43 heavy (non-hydrogen) atoms. The van der Waals surface area contributed by atoms with Crippen LogP contribution in [-0.2, 0) is 22.6 Å². The van der Waals surface area contributed by atoms with Crippen molar-refractivity contribution in [2.24, 2.45) is 0 Å². The summed E-state index contributed by atoms with van der Waals surface area (Å²) in [4.78, 5) is 35.5. The molecule has 7 rings (SSSR count). The highest BCUT2D eigenvalue weighted by atomic mass is 35.5. The first-order valence-electron chi connectivity index (χ1n) is 14.8. The van der Waals surface area contributed by atoms with E-state index in [1.165, 1.54) is 16.2 Å². The van der Waals surface area contributed by atoms with E-state index in [1.54, 1.807) is 6.20 Å². The van der Waals surface area contributed by atoms with E-state index in [1.807, 2.05) is 29.2 Å². The molecular weight excluding hydrogens is 601 g/mol. The Hall–Kier alpha value is -2.73. The molecule has 1 spiro atoms. The van der Waals surface area contributed by atoms with Gasteiger partial charge in [-0.25, -0.2) is 0 Å². The first kappa shape index (κ1) is 29.0. The highest BCUT2D eigenvalue weighted by Crippen LogP contribution is 2.50. The molecule has 0 bridgehead atoms. The van der Waals surface area contributed by atoms with E-state index in [-0.39, 0.29) is 42.8 Å². The molecule has 2 saturated heterocycles. The minimum absolute atomic E-state index is 0.00289. The number of pyridine rings is 1. The van der Waals surface area contributed by atoms with Gasteiger partial charge in [0.1, 0.15) is 0 Å². The maximum absolute atomic E-state index is 13.3. The normalized spacial score (nSPS) is 23.0. The fourth-order valence-electron chi connectivity index (χ4n) is 7.51. The summed E-state index contributed by atoms with van der Waals surface area (Å²) in [5.41, 5.74) is 4.53. The van der Waals surface area contributed by atoms with Gasteiger partial charge in [0.2, 0.25) is 11.8 Å². The Morgan fingerprint density at radius 1 is 1.09 bits per heavy atom. The zero-order chi connectivity index (χ0) is 30.1. The van der Waals surface area contributed by atoms with Gasteiger partial charge >= 0.3 is 6.18 Å². The van der Waals surface area contributed by atoms with Crippen molar-refractivity contribution in [3.05, 3.63) is 45.9 Å². The minimum Gasteiger partial charge on any atom is -0.382 e. The topological polar surface area (TPSA) is 77.0 Å². The number of carbonyl (C=O) groups excluding carboxylic acids is 2. The van der Waals surface area contributed by atoms with Crippen molar-refractivity contribution in [3.63, 3.8) is 0 Å². The summed E-state index contributed by atoms with van der Waals surface area (Å²) < 4.78 is 41.0. The average Bonchev–Trinajstić information content (AvgIpc) is 3.63. The molecule has 1 N–H and O–H groups in total. The molecule has 3 fully saturated rings. The molecule has 1 aromatic carbocycles. The first-order chi connectivity index (χ1) is 20.5. The molecule has 2 atom stereocenters. The number of imide groups is 1. The molecule has 12 heteroatoms. The van der Waals surface area contributed by atoms with E-state index in [0.29, 0.717) is 11.6 Å². The molecule has 5 heterocycles. The number of alkyl halides is 3. The number of rotatable bonds is 6. The molecule has 0 unspecified atom stereocenters. The van der Waals surface area contributed by atoms with Crippen molar-refractivity contribution in [2.45, 2.75) is 81.8 Å². The fourth-order valence-corrected chi connectivity index (χ4v) is 8.89. The van der Waals surface area contributed by atoms with Gasteiger partial charge in [0.15, 0.2) is 6.10 Å². The zero-order valence-corrected chi connectivity index (χ0v) is 25.1. The van der Waals surface area contributed by atoms with E-state index in [0.717, 1.165) is 82.5 Å². The summed E-state index contributed by atoms with van der Waals surface area (Å²) in [5, 5.41) is 10.6. The van der Waals surface area contributed by atoms with Gasteiger partial charge < -0.3 is 10.0 Å². The predicted molar refractivity (Wildman–Crippen MR) is 159 cm³/mol. The first-order valence-corrected chi connectivity index (χ1v) is 16.0. The van der Waals surface area contributed by atoms with Crippen molar-refractivity contribution >= 4 is 50.7 Å². The van der Waals surface area contributed by atoms with E-state index in [4.69, 9.17) is 11.6 Å². The summed E-state index contributed by atoms with van der Waals surface area (Å²) in [5.74, 6) is -0.319. The van der Waals surface area contributed by atoms with Crippen molar-refractivity contribution < 1.29 is 27.9 Å². The Bertz CT molecular complexity index is 1590. The Labute approximate surface area is 256 Å². The predicted octanol–water partition coefficient (Wildman–Crippen LogP) is 5.94. The molecule has 3 aliphatic heterocycles. The average molecular weight is 633 g/mol. The van der Waals surface area contributed by atoms with Crippen molar-refractivity contribution in [1.82, 2.24) is 14.8 Å². The van der Waals surface area contributed by atoms with Gasteiger partial charge in [-0.2, -0.15) is 13.2 Å². The van der Waals surface area contributed by atoms with Crippen LogP contribution in [-0.4, -0.2) is 75.2 Å². The Morgan fingerprint density at radius 2 is 1.86 bits per heavy atom. The summed E-state index contributed by atoms with van der Waals surface area (Å²) >= 11 is 8.19. The van der Waals surface area contributed by atoms with Gasteiger partial charge in [-0.1, -0.05) is 11.6 Å². The molecule has 1 saturated carbocycles. The number of amides is 2. The van der Waals surface area contributed by atoms with Crippen LogP contribution in [0.2, 0.25) is 5.02 Å². The Morgan fingerprint density at radius 3 is 2.56 bits per heavy atom. The third kappa shape index (κ3) is 5.11. The maximum Gasteiger partial charge on any atom is 0.415 e. The van der Waals surface area contributed by atoms with Gasteiger partial charge in [0, 0.05) is 77.0 Å². The minimum atomic E-state index is -4.65. The number of β-amino-alcohol motifs (C(OH)–C–C–N with tert-alkyl or cyclic N) is 1.